The lowest BCUT2D eigenvalue weighted by atomic mass is 10.1. The molecule has 0 saturated carbocycles. The van der Waals surface area contributed by atoms with Gasteiger partial charge in [0.05, 0.1) is 11.5 Å². The molecule has 0 amide bonds. The first-order valence-electron chi connectivity index (χ1n) is 9.14. The molecule has 6 heteroatoms. The summed E-state index contributed by atoms with van der Waals surface area (Å²) in [5.74, 6) is 0. The lowest BCUT2D eigenvalue weighted by molar-refractivity contribution is 0.128. The van der Waals surface area contributed by atoms with Gasteiger partial charge in [-0.15, -0.1) is 23.7 Å². The van der Waals surface area contributed by atoms with Crippen LogP contribution in [-0.2, 0) is 0 Å². The van der Waals surface area contributed by atoms with Crippen molar-refractivity contribution in [3.63, 3.8) is 0 Å². The molecule has 4 nitrogen and oxygen atoms in total. The van der Waals surface area contributed by atoms with E-state index in [2.05, 4.69) is 24.1 Å². The number of hydrogen-bond acceptors (Lipinski definition) is 5. The predicted molar refractivity (Wildman–Crippen MR) is 120 cm³/mol. The maximum absolute atomic E-state index is 13.1. The molecule has 3 aromatic rings. The van der Waals surface area contributed by atoms with Gasteiger partial charge in [0.25, 0.3) is 0 Å². The fourth-order valence-electron chi connectivity index (χ4n) is 3.25. The van der Waals surface area contributed by atoms with Crippen LogP contribution in [0.25, 0.3) is 20.2 Å². The van der Waals surface area contributed by atoms with Crippen molar-refractivity contribution in [1.29, 1.82) is 0 Å². The summed E-state index contributed by atoms with van der Waals surface area (Å²) in [6.45, 7) is 9.09. The highest BCUT2D eigenvalue weighted by molar-refractivity contribution is 7.24. The zero-order chi connectivity index (χ0) is 18.7. The number of halogens is 1. The van der Waals surface area contributed by atoms with Crippen molar-refractivity contribution in [3.05, 3.63) is 52.2 Å². The summed E-state index contributed by atoms with van der Waals surface area (Å²) in [6, 6.07) is 11.7. The van der Waals surface area contributed by atoms with Crippen molar-refractivity contribution in [2.24, 2.45) is 0 Å². The molecule has 0 spiro atoms. The molecule has 0 fully saturated rings. The molecule has 2 N–H and O–H groups in total. The summed E-state index contributed by atoms with van der Waals surface area (Å²) in [5.41, 5.74) is 1.96. The van der Waals surface area contributed by atoms with Gasteiger partial charge in [0.1, 0.15) is 0 Å². The summed E-state index contributed by atoms with van der Waals surface area (Å²) < 4.78 is 2.02. The molecule has 0 radical (unpaired) electrons. The van der Waals surface area contributed by atoms with Crippen molar-refractivity contribution < 1.29 is 5.11 Å². The minimum atomic E-state index is -0.481. The molecule has 146 valence electrons. The summed E-state index contributed by atoms with van der Waals surface area (Å²) in [4.78, 5) is 15.3. The first-order valence-corrected chi connectivity index (χ1v) is 9.96. The van der Waals surface area contributed by atoms with Gasteiger partial charge in [0, 0.05) is 33.6 Å². The molecule has 0 aliphatic carbocycles. The van der Waals surface area contributed by atoms with E-state index in [1.54, 1.807) is 11.3 Å². The Hall–Kier alpha value is -1.66. The molecule has 3 rings (SSSR count). The topological polar surface area (TPSA) is 52.6 Å². The van der Waals surface area contributed by atoms with E-state index in [0.717, 1.165) is 44.5 Å². The lowest BCUT2D eigenvalue weighted by Gasteiger charge is -2.22. The third-order valence-corrected chi connectivity index (χ3v) is 6.12. The minimum Gasteiger partial charge on any atom is -0.390 e. The van der Waals surface area contributed by atoms with Gasteiger partial charge >= 0.3 is 0 Å². The van der Waals surface area contributed by atoms with Gasteiger partial charge in [-0.3, -0.25) is 4.79 Å². The van der Waals surface area contributed by atoms with Crippen molar-refractivity contribution in [2.75, 3.05) is 31.5 Å². The quantitative estimate of drug-likeness (QED) is 0.575. The van der Waals surface area contributed by atoms with Crippen LogP contribution in [0.1, 0.15) is 19.4 Å². The lowest BCUT2D eigenvalue weighted by Crippen LogP contribution is -2.36. The summed E-state index contributed by atoms with van der Waals surface area (Å²) in [6.07, 6.45) is -0.481. The van der Waals surface area contributed by atoms with E-state index in [-0.39, 0.29) is 17.8 Å². The fourth-order valence-corrected chi connectivity index (χ4v) is 4.42. The zero-order valence-corrected chi connectivity index (χ0v) is 17.6. The van der Waals surface area contributed by atoms with E-state index in [0.29, 0.717) is 13.1 Å². The van der Waals surface area contributed by atoms with Crippen LogP contribution in [0, 0.1) is 6.92 Å². The van der Waals surface area contributed by atoms with E-state index in [4.69, 9.17) is 0 Å². The number of nitrogens with one attached hydrogen (secondary N) is 1. The van der Waals surface area contributed by atoms with E-state index in [9.17, 15) is 9.90 Å². The molecule has 0 aliphatic rings. The summed E-state index contributed by atoms with van der Waals surface area (Å²) in [5, 5.41) is 15.1. The number of anilines is 1. The number of benzene rings is 2. The van der Waals surface area contributed by atoms with E-state index < -0.39 is 6.10 Å². The highest BCUT2D eigenvalue weighted by atomic mass is 35.5. The number of aryl methyl sites for hydroxylation is 1. The van der Waals surface area contributed by atoms with Gasteiger partial charge in [-0.2, -0.15) is 0 Å². The number of likely N-dealkylation sites (N-methyl/N-ethyl adjacent to an activating group) is 1. The summed E-state index contributed by atoms with van der Waals surface area (Å²) >= 11 is 1.65. The molecule has 0 bridgehead atoms. The molecule has 0 saturated heterocycles. The van der Waals surface area contributed by atoms with Crippen LogP contribution in [0.3, 0.4) is 0 Å². The predicted octanol–water partition coefficient (Wildman–Crippen LogP) is 4.26. The number of fused-ring (bicyclic) bond motifs is 2. The summed E-state index contributed by atoms with van der Waals surface area (Å²) in [7, 11) is 0. The maximum Gasteiger partial charge on any atom is 0.197 e. The minimum absolute atomic E-state index is 0. The van der Waals surface area contributed by atoms with Gasteiger partial charge in [-0.05, 0) is 43.8 Å². The zero-order valence-electron chi connectivity index (χ0n) is 16.0. The third kappa shape index (κ3) is 4.61. The number of hydrogen-bond donors (Lipinski definition) is 2. The van der Waals surface area contributed by atoms with Gasteiger partial charge < -0.3 is 15.3 Å². The highest BCUT2D eigenvalue weighted by Crippen LogP contribution is 2.31. The van der Waals surface area contributed by atoms with Crippen LogP contribution in [0.15, 0.2) is 41.2 Å². The van der Waals surface area contributed by atoms with E-state index in [1.165, 1.54) is 0 Å². The molecule has 1 heterocycles. The Morgan fingerprint density at radius 1 is 1.15 bits per heavy atom. The maximum atomic E-state index is 13.1. The van der Waals surface area contributed by atoms with Crippen LogP contribution in [-0.4, -0.2) is 42.3 Å². The molecule has 0 aliphatic heterocycles. The van der Waals surface area contributed by atoms with Crippen LogP contribution in [0.2, 0.25) is 0 Å². The van der Waals surface area contributed by atoms with Crippen LogP contribution < -0.4 is 10.7 Å². The Kier molecular flexibility index (Phi) is 7.62. The fraction of sp³-hybridized carbons (Fsp3) is 0.381. The molecule has 27 heavy (non-hydrogen) atoms. The second-order valence-corrected chi connectivity index (χ2v) is 7.63. The van der Waals surface area contributed by atoms with E-state index >= 15 is 0 Å². The number of nitrogens with zero attached hydrogens (tertiary/aromatic N) is 1. The number of aliphatic hydroxyl groups excluding tert-OH is 1. The monoisotopic (exact) mass is 406 g/mol. The van der Waals surface area contributed by atoms with Crippen molar-refractivity contribution in [2.45, 2.75) is 26.9 Å². The first-order chi connectivity index (χ1) is 12.5. The second kappa shape index (κ2) is 9.51. The van der Waals surface area contributed by atoms with Crippen molar-refractivity contribution in [3.8, 4) is 0 Å². The third-order valence-electron chi connectivity index (χ3n) is 4.82. The molecule has 1 unspecified atom stereocenters. The highest BCUT2D eigenvalue weighted by Gasteiger charge is 2.14. The largest absolute Gasteiger partial charge is 0.390 e. The Balaban J connectivity index is 0.00000261. The number of aliphatic hydroxyl groups is 1. The molecule has 1 aromatic heterocycles. The van der Waals surface area contributed by atoms with E-state index in [1.807, 2.05) is 43.3 Å². The Labute approximate surface area is 170 Å². The molecular weight excluding hydrogens is 380 g/mol. The molecular formula is C21H27ClN2O2S. The normalized spacial score (nSPS) is 12.3. The smallest absolute Gasteiger partial charge is 0.197 e. The van der Waals surface area contributed by atoms with Gasteiger partial charge in [-0.25, -0.2) is 0 Å². The van der Waals surface area contributed by atoms with Gasteiger partial charge in [0.15, 0.2) is 5.43 Å². The van der Waals surface area contributed by atoms with Crippen molar-refractivity contribution in [1.82, 2.24) is 4.90 Å². The Bertz CT molecular complexity index is 969. The Morgan fingerprint density at radius 2 is 1.85 bits per heavy atom. The average Bonchev–Trinajstić information content (AvgIpc) is 2.66. The average molecular weight is 407 g/mol. The second-order valence-electron chi connectivity index (χ2n) is 6.58. The van der Waals surface area contributed by atoms with Crippen LogP contribution in [0.4, 0.5) is 5.69 Å². The first kappa shape index (κ1) is 21.6. The van der Waals surface area contributed by atoms with Gasteiger partial charge in [0.2, 0.25) is 0 Å². The van der Waals surface area contributed by atoms with Crippen LogP contribution in [0.5, 0.6) is 0 Å². The van der Waals surface area contributed by atoms with Gasteiger partial charge in [-0.1, -0.05) is 32.0 Å². The van der Waals surface area contributed by atoms with Crippen molar-refractivity contribution >= 4 is 49.6 Å². The number of rotatable bonds is 7. The standard InChI is InChI=1S/C21H26N2O2S.ClH/c1-4-23(5-2)13-15(24)12-22-17-11-10-14(3)21-19(17)20(25)16-8-6-7-9-18(16)26-21;/h6-11,15,22,24H,4-5,12-13H2,1-3H3;1H. The molecule has 2 aromatic carbocycles. The SMILES string of the molecule is CCN(CC)CC(O)CNc1ccc(C)c2sc3ccccc3c(=O)c12.Cl. The van der Waals surface area contributed by atoms with Crippen LogP contribution >= 0.6 is 23.7 Å². The molecule has 1 atom stereocenters. The Morgan fingerprint density at radius 3 is 2.56 bits per heavy atom.